The fourth-order valence-electron chi connectivity index (χ4n) is 4.53. The lowest BCUT2D eigenvalue weighted by Gasteiger charge is -2.42. The lowest BCUT2D eigenvalue weighted by Crippen LogP contribution is -2.47. The van der Waals surface area contributed by atoms with Crippen molar-refractivity contribution < 1.29 is 0 Å². The van der Waals surface area contributed by atoms with Crippen molar-refractivity contribution in [3.63, 3.8) is 0 Å². The van der Waals surface area contributed by atoms with Crippen LogP contribution in [0.3, 0.4) is 0 Å². The zero-order valence-corrected chi connectivity index (χ0v) is 19.4. The number of aryl methyl sites for hydroxylation is 3. The molecule has 1 aliphatic carbocycles. The average molecular weight is 377 g/mol. The van der Waals surface area contributed by atoms with Gasteiger partial charge in [-0.15, -0.1) is 0 Å². The minimum atomic E-state index is -0.591. The summed E-state index contributed by atoms with van der Waals surface area (Å²) in [6.45, 7) is 20.8. The van der Waals surface area contributed by atoms with Gasteiger partial charge in [0.2, 0.25) is 0 Å². The van der Waals surface area contributed by atoms with Crippen LogP contribution in [0.15, 0.2) is 12.1 Å². The van der Waals surface area contributed by atoms with Gasteiger partial charge in [0.15, 0.2) is 0 Å². The van der Waals surface area contributed by atoms with Crippen LogP contribution in [0.2, 0.25) is 0 Å². The number of rotatable bonds is 5. The van der Waals surface area contributed by atoms with Crippen molar-refractivity contribution in [2.45, 2.75) is 93.2 Å². The van der Waals surface area contributed by atoms with Crippen LogP contribution >= 0.6 is 8.22 Å². The maximum atomic E-state index is 4.15. The Morgan fingerprint density at radius 1 is 1.04 bits per heavy atom. The van der Waals surface area contributed by atoms with E-state index in [2.05, 4.69) is 84.6 Å². The third kappa shape index (κ3) is 5.78. The van der Waals surface area contributed by atoms with Crippen LogP contribution in [0.25, 0.3) is 0 Å². The lowest BCUT2D eigenvalue weighted by atomic mass is 9.74. The standard InChI is InChI=1S/C23H41N2P/c1-15(2)20-11-10-16(3)14-21(20)24-26(25-23(7,8)9)22-18(5)12-17(4)13-19(22)6/h12-13,15-16,20-21,24-25H,10-11,14H2,1-9H3/t16-,20+,21-,26?/m1/s1. The fourth-order valence-corrected chi connectivity index (χ4v) is 6.97. The molecule has 0 saturated heterocycles. The first kappa shape index (κ1) is 21.9. The molecule has 0 amide bonds. The summed E-state index contributed by atoms with van der Waals surface area (Å²) in [5.74, 6) is 2.35. The summed E-state index contributed by atoms with van der Waals surface area (Å²) in [6.07, 6.45) is 4.05. The Bertz CT molecular complexity index is 580. The quantitative estimate of drug-likeness (QED) is 0.617. The molecule has 1 aromatic rings. The molecule has 0 heterocycles. The van der Waals surface area contributed by atoms with E-state index >= 15 is 0 Å². The summed E-state index contributed by atoms with van der Waals surface area (Å²) in [7, 11) is -0.591. The molecular weight excluding hydrogens is 335 g/mol. The molecule has 0 aliphatic heterocycles. The minimum Gasteiger partial charge on any atom is -0.277 e. The van der Waals surface area contributed by atoms with Gasteiger partial charge in [-0.05, 0) is 83.3 Å². The maximum absolute atomic E-state index is 4.15. The van der Waals surface area contributed by atoms with Gasteiger partial charge in [-0.3, -0.25) is 10.2 Å². The second-order valence-electron chi connectivity index (χ2n) is 10.0. The van der Waals surface area contributed by atoms with E-state index in [9.17, 15) is 0 Å². The van der Waals surface area contributed by atoms with Crippen molar-refractivity contribution in [3.8, 4) is 0 Å². The predicted molar refractivity (Wildman–Crippen MR) is 118 cm³/mol. The molecule has 3 heteroatoms. The highest BCUT2D eigenvalue weighted by atomic mass is 31.1. The highest BCUT2D eigenvalue weighted by Crippen LogP contribution is 2.40. The molecule has 1 aliphatic rings. The van der Waals surface area contributed by atoms with Crippen LogP contribution in [0.4, 0.5) is 0 Å². The van der Waals surface area contributed by atoms with E-state index in [4.69, 9.17) is 0 Å². The molecule has 1 unspecified atom stereocenters. The molecule has 4 atom stereocenters. The molecule has 2 nitrogen and oxygen atoms in total. The SMILES string of the molecule is Cc1cc(C)c(P(N[C@@H]2C[C@H](C)CC[C@H]2C(C)C)NC(C)(C)C)c(C)c1. The molecule has 26 heavy (non-hydrogen) atoms. The molecule has 148 valence electrons. The van der Waals surface area contributed by atoms with Gasteiger partial charge < -0.3 is 0 Å². The van der Waals surface area contributed by atoms with Gasteiger partial charge in [0.05, 0.1) is 8.22 Å². The summed E-state index contributed by atoms with van der Waals surface area (Å²) in [6, 6.07) is 5.29. The van der Waals surface area contributed by atoms with Crippen molar-refractivity contribution in [3.05, 3.63) is 28.8 Å². The van der Waals surface area contributed by atoms with Gasteiger partial charge in [-0.2, -0.15) is 0 Å². The molecule has 1 aromatic carbocycles. The van der Waals surface area contributed by atoms with Gasteiger partial charge >= 0.3 is 0 Å². The summed E-state index contributed by atoms with van der Waals surface area (Å²) < 4.78 is 0. The monoisotopic (exact) mass is 376 g/mol. The summed E-state index contributed by atoms with van der Waals surface area (Å²) in [4.78, 5) is 0. The molecule has 2 N–H and O–H groups in total. The first-order valence-corrected chi connectivity index (χ1v) is 11.7. The van der Waals surface area contributed by atoms with E-state index in [0.29, 0.717) is 6.04 Å². The Morgan fingerprint density at radius 2 is 1.62 bits per heavy atom. The normalized spacial score (nSPS) is 25.5. The summed E-state index contributed by atoms with van der Waals surface area (Å²) >= 11 is 0. The molecule has 0 spiro atoms. The van der Waals surface area contributed by atoms with Crippen LogP contribution < -0.4 is 15.5 Å². The lowest BCUT2D eigenvalue weighted by molar-refractivity contribution is 0.189. The Labute approximate surface area is 163 Å². The van der Waals surface area contributed by atoms with Gasteiger partial charge in [-0.25, -0.2) is 0 Å². The van der Waals surface area contributed by atoms with E-state index in [0.717, 1.165) is 17.8 Å². The van der Waals surface area contributed by atoms with Crippen molar-refractivity contribution in [2.24, 2.45) is 17.8 Å². The second kappa shape index (κ2) is 8.72. The van der Waals surface area contributed by atoms with E-state index in [1.807, 2.05) is 0 Å². The molecule has 0 bridgehead atoms. The van der Waals surface area contributed by atoms with Crippen molar-refractivity contribution in [1.82, 2.24) is 10.2 Å². The van der Waals surface area contributed by atoms with E-state index in [1.54, 1.807) is 0 Å². The Balaban J connectivity index is 2.36. The van der Waals surface area contributed by atoms with Crippen LogP contribution in [0.5, 0.6) is 0 Å². The zero-order chi connectivity index (χ0) is 19.6. The second-order valence-corrected chi connectivity index (χ2v) is 11.6. The smallest absolute Gasteiger partial charge is 0.0681 e. The van der Waals surface area contributed by atoms with E-state index < -0.39 is 8.22 Å². The zero-order valence-electron chi connectivity index (χ0n) is 18.5. The van der Waals surface area contributed by atoms with Crippen LogP contribution in [-0.4, -0.2) is 11.6 Å². The maximum Gasteiger partial charge on any atom is 0.0681 e. The highest BCUT2D eigenvalue weighted by molar-refractivity contribution is 7.62. The highest BCUT2D eigenvalue weighted by Gasteiger charge is 2.34. The molecule has 1 saturated carbocycles. The van der Waals surface area contributed by atoms with Gasteiger partial charge in [-0.1, -0.05) is 44.9 Å². The number of hydrogen-bond donors (Lipinski definition) is 2. The predicted octanol–water partition coefficient (Wildman–Crippen LogP) is 5.99. The van der Waals surface area contributed by atoms with Gasteiger partial charge in [0.1, 0.15) is 0 Å². The van der Waals surface area contributed by atoms with Crippen molar-refractivity contribution in [2.75, 3.05) is 0 Å². The van der Waals surface area contributed by atoms with Crippen LogP contribution in [-0.2, 0) is 0 Å². The first-order valence-electron chi connectivity index (χ1n) is 10.4. The third-order valence-corrected chi connectivity index (χ3v) is 8.26. The average Bonchev–Trinajstić information content (AvgIpc) is 2.43. The Kier molecular flexibility index (Phi) is 7.33. The topological polar surface area (TPSA) is 24.1 Å². The molecule has 0 aromatic heterocycles. The van der Waals surface area contributed by atoms with Gasteiger partial charge in [0.25, 0.3) is 0 Å². The first-order chi connectivity index (χ1) is 12.0. The van der Waals surface area contributed by atoms with Crippen LogP contribution in [0.1, 0.15) is 77.5 Å². The number of nitrogens with one attached hydrogen (secondary N) is 2. The largest absolute Gasteiger partial charge is 0.277 e. The van der Waals surface area contributed by atoms with Gasteiger partial charge in [0, 0.05) is 16.9 Å². The molecule has 0 radical (unpaired) electrons. The minimum absolute atomic E-state index is 0.0933. The Morgan fingerprint density at radius 3 is 2.12 bits per heavy atom. The number of hydrogen-bond acceptors (Lipinski definition) is 2. The van der Waals surface area contributed by atoms with E-state index in [1.165, 1.54) is 41.3 Å². The molecular formula is C23H41N2P. The van der Waals surface area contributed by atoms with Crippen molar-refractivity contribution in [1.29, 1.82) is 0 Å². The Hall–Kier alpha value is -0.430. The van der Waals surface area contributed by atoms with Crippen molar-refractivity contribution >= 4 is 13.5 Å². The third-order valence-electron chi connectivity index (χ3n) is 5.62. The molecule has 1 fully saturated rings. The summed E-state index contributed by atoms with van der Waals surface area (Å²) in [5, 5.41) is 9.60. The van der Waals surface area contributed by atoms with E-state index in [-0.39, 0.29) is 5.54 Å². The number of benzene rings is 1. The summed E-state index contributed by atoms with van der Waals surface area (Å²) in [5.41, 5.74) is 4.29. The fraction of sp³-hybridized carbons (Fsp3) is 0.739. The van der Waals surface area contributed by atoms with Crippen LogP contribution in [0, 0.1) is 38.5 Å². The molecule has 2 rings (SSSR count).